The van der Waals surface area contributed by atoms with Gasteiger partial charge in [-0.25, -0.2) is 0 Å². The second-order valence-corrected chi connectivity index (χ2v) is 8.62. The molecule has 0 saturated carbocycles. The first kappa shape index (κ1) is 18.6. The second-order valence-electron chi connectivity index (χ2n) is 6.74. The highest BCUT2D eigenvalue weighted by atomic mass is 32.2. The van der Waals surface area contributed by atoms with Gasteiger partial charge in [0.2, 0.25) is 0 Å². The molecule has 2 aliphatic rings. The van der Waals surface area contributed by atoms with E-state index in [1.54, 1.807) is 22.8 Å². The highest BCUT2D eigenvalue weighted by Gasteiger charge is 2.38. The minimum atomic E-state index is -3.46. The van der Waals surface area contributed by atoms with E-state index in [9.17, 15) is 8.42 Å². The van der Waals surface area contributed by atoms with Crippen LogP contribution < -0.4 is 4.74 Å². The van der Waals surface area contributed by atoms with Crippen molar-refractivity contribution in [2.24, 2.45) is 0 Å². The molecule has 1 unspecified atom stereocenters. The topological polar surface area (TPSA) is 59.1 Å². The van der Waals surface area contributed by atoms with Crippen LogP contribution in [0, 0.1) is 0 Å². The number of benzene rings is 1. The van der Waals surface area contributed by atoms with Gasteiger partial charge in [0.15, 0.2) is 0 Å². The van der Waals surface area contributed by atoms with E-state index in [2.05, 4.69) is 0 Å². The van der Waals surface area contributed by atoms with Crippen molar-refractivity contribution < 1.29 is 17.9 Å². The lowest BCUT2D eigenvalue weighted by Gasteiger charge is -2.40. The lowest BCUT2D eigenvalue weighted by atomic mass is 9.97. The van der Waals surface area contributed by atoms with Gasteiger partial charge in [-0.05, 0) is 43.4 Å². The Morgan fingerprint density at radius 3 is 2.48 bits per heavy atom. The van der Waals surface area contributed by atoms with Crippen molar-refractivity contribution in [1.82, 2.24) is 8.61 Å². The van der Waals surface area contributed by atoms with E-state index in [0.717, 1.165) is 43.4 Å². The van der Waals surface area contributed by atoms with E-state index < -0.39 is 10.2 Å². The molecule has 1 aromatic rings. The molecule has 140 valence electrons. The zero-order valence-electron chi connectivity index (χ0n) is 15.1. The zero-order valence-corrected chi connectivity index (χ0v) is 15.9. The molecule has 0 spiro atoms. The van der Waals surface area contributed by atoms with Crippen molar-refractivity contribution in [3.8, 4) is 5.75 Å². The Balaban J connectivity index is 1.82. The summed E-state index contributed by atoms with van der Waals surface area (Å²) in [5, 5.41) is 0. The summed E-state index contributed by atoms with van der Waals surface area (Å²) in [5.41, 5.74) is 1.01. The van der Waals surface area contributed by atoms with Crippen LogP contribution >= 0.6 is 0 Å². The standard InChI is InChI=1S/C18H28N2O4S/c1-23-16-9-12-19(13-10-16)25(21,22)20-11-4-3-8-18(20)15-6-5-7-17(14-15)24-2/h5-7,14,16,18H,3-4,8-13H2,1-2H3. The Bertz CT molecular complexity index is 671. The smallest absolute Gasteiger partial charge is 0.282 e. The van der Waals surface area contributed by atoms with E-state index in [1.165, 1.54) is 0 Å². The molecule has 7 heteroatoms. The maximum Gasteiger partial charge on any atom is 0.282 e. The van der Waals surface area contributed by atoms with Crippen LogP contribution in [0.4, 0.5) is 0 Å². The van der Waals surface area contributed by atoms with E-state index in [-0.39, 0.29) is 12.1 Å². The first-order valence-corrected chi connectivity index (χ1v) is 10.4. The fourth-order valence-electron chi connectivity index (χ4n) is 3.81. The minimum absolute atomic E-state index is 0.117. The van der Waals surface area contributed by atoms with Crippen LogP contribution in [0.5, 0.6) is 5.75 Å². The zero-order chi connectivity index (χ0) is 17.9. The number of hydrogen-bond acceptors (Lipinski definition) is 4. The lowest BCUT2D eigenvalue weighted by molar-refractivity contribution is 0.0582. The minimum Gasteiger partial charge on any atom is -0.497 e. The van der Waals surface area contributed by atoms with Gasteiger partial charge >= 0.3 is 0 Å². The summed E-state index contributed by atoms with van der Waals surface area (Å²) in [4.78, 5) is 0. The summed E-state index contributed by atoms with van der Waals surface area (Å²) in [6.07, 6.45) is 4.48. The van der Waals surface area contributed by atoms with E-state index >= 15 is 0 Å². The number of ether oxygens (including phenoxy) is 2. The van der Waals surface area contributed by atoms with Crippen molar-refractivity contribution >= 4 is 10.2 Å². The highest BCUT2D eigenvalue weighted by molar-refractivity contribution is 7.86. The summed E-state index contributed by atoms with van der Waals surface area (Å²) < 4.78 is 40.5. The van der Waals surface area contributed by atoms with Gasteiger partial charge in [0, 0.05) is 26.7 Å². The number of methoxy groups -OCH3 is 2. The monoisotopic (exact) mass is 368 g/mol. The van der Waals surface area contributed by atoms with Gasteiger partial charge < -0.3 is 9.47 Å². The van der Waals surface area contributed by atoms with Gasteiger partial charge in [0.25, 0.3) is 10.2 Å². The number of piperidine rings is 2. The molecule has 3 rings (SSSR count). The molecule has 0 amide bonds. The van der Waals surface area contributed by atoms with Gasteiger partial charge in [-0.3, -0.25) is 0 Å². The Hall–Kier alpha value is -1.15. The van der Waals surface area contributed by atoms with Gasteiger partial charge in [-0.2, -0.15) is 17.0 Å². The molecule has 2 aliphatic heterocycles. The largest absolute Gasteiger partial charge is 0.497 e. The average molecular weight is 368 g/mol. The molecular weight excluding hydrogens is 340 g/mol. The maximum atomic E-state index is 13.3. The Morgan fingerprint density at radius 1 is 1.04 bits per heavy atom. The number of nitrogens with zero attached hydrogens (tertiary/aromatic N) is 2. The Labute approximate surface area is 150 Å². The first-order chi connectivity index (χ1) is 12.1. The van der Waals surface area contributed by atoms with Crippen molar-refractivity contribution in [1.29, 1.82) is 0 Å². The van der Waals surface area contributed by atoms with Crippen LogP contribution in [0.25, 0.3) is 0 Å². The van der Waals surface area contributed by atoms with Crippen molar-refractivity contribution in [2.75, 3.05) is 33.9 Å². The van der Waals surface area contributed by atoms with Crippen LogP contribution in [0.2, 0.25) is 0 Å². The third kappa shape index (κ3) is 4.00. The Kier molecular flexibility index (Phi) is 5.99. The molecule has 0 N–H and O–H groups in total. The molecular formula is C18H28N2O4S. The summed E-state index contributed by atoms with van der Waals surface area (Å²) in [6, 6.07) is 7.65. The van der Waals surface area contributed by atoms with E-state index in [0.29, 0.717) is 19.6 Å². The quantitative estimate of drug-likeness (QED) is 0.801. The van der Waals surface area contributed by atoms with Gasteiger partial charge in [0.05, 0.1) is 19.3 Å². The van der Waals surface area contributed by atoms with Gasteiger partial charge in [0.1, 0.15) is 5.75 Å². The fourth-order valence-corrected chi connectivity index (χ4v) is 5.69. The molecule has 0 aromatic heterocycles. The van der Waals surface area contributed by atoms with Crippen LogP contribution in [-0.2, 0) is 14.9 Å². The predicted molar refractivity (Wildman–Crippen MR) is 96.8 cm³/mol. The first-order valence-electron chi connectivity index (χ1n) is 9.00. The molecule has 0 radical (unpaired) electrons. The summed E-state index contributed by atoms with van der Waals surface area (Å²) >= 11 is 0. The van der Waals surface area contributed by atoms with Crippen LogP contribution in [-0.4, -0.2) is 57.0 Å². The highest BCUT2D eigenvalue weighted by Crippen LogP contribution is 2.36. The molecule has 2 fully saturated rings. The SMILES string of the molecule is COc1cccc(C2CCCCN2S(=O)(=O)N2CCC(OC)CC2)c1. The Morgan fingerprint density at radius 2 is 1.80 bits per heavy atom. The van der Waals surface area contributed by atoms with Crippen LogP contribution in [0.15, 0.2) is 24.3 Å². The lowest BCUT2D eigenvalue weighted by Crippen LogP contribution is -2.50. The summed E-state index contributed by atoms with van der Waals surface area (Å²) in [7, 11) is -0.137. The van der Waals surface area contributed by atoms with E-state index in [1.807, 2.05) is 24.3 Å². The van der Waals surface area contributed by atoms with Gasteiger partial charge in [-0.15, -0.1) is 0 Å². The molecule has 1 atom stereocenters. The summed E-state index contributed by atoms with van der Waals surface area (Å²) in [5.74, 6) is 0.765. The number of rotatable bonds is 5. The van der Waals surface area contributed by atoms with Crippen LogP contribution in [0.3, 0.4) is 0 Å². The molecule has 25 heavy (non-hydrogen) atoms. The van der Waals surface area contributed by atoms with Crippen molar-refractivity contribution in [2.45, 2.75) is 44.2 Å². The summed E-state index contributed by atoms with van der Waals surface area (Å²) in [6.45, 7) is 1.64. The predicted octanol–water partition coefficient (Wildman–Crippen LogP) is 2.58. The second kappa shape index (κ2) is 8.03. The third-order valence-corrected chi connectivity index (χ3v) is 7.34. The van der Waals surface area contributed by atoms with Gasteiger partial charge in [-0.1, -0.05) is 18.6 Å². The van der Waals surface area contributed by atoms with E-state index in [4.69, 9.17) is 9.47 Å². The third-order valence-electron chi connectivity index (χ3n) is 5.29. The van der Waals surface area contributed by atoms with Crippen LogP contribution in [0.1, 0.15) is 43.7 Å². The van der Waals surface area contributed by atoms with Crippen molar-refractivity contribution in [3.05, 3.63) is 29.8 Å². The molecule has 0 bridgehead atoms. The molecule has 0 aliphatic carbocycles. The maximum absolute atomic E-state index is 13.3. The molecule has 2 saturated heterocycles. The molecule has 1 aromatic carbocycles. The molecule has 6 nitrogen and oxygen atoms in total. The average Bonchev–Trinajstić information content (AvgIpc) is 2.68. The number of hydrogen-bond donors (Lipinski definition) is 0. The molecule has 2 heterocycles. The fraction of sp³-hybridized carbons (Fsp3) is 0.667. The van der Waals surface area contributed by atoms with Crippen molar-refractivity contribution in [3.63, 3.8) is 0 Å². The normalized spacial score (nSPS) is 24.3.